The van der Waals surface area contributed by atoms with E-state index < -0.39 is 29.2 Å². The number of hydrogen-bond donors (Lipinski definition) is 1. The van der Waals surface area contributed by atoms with E-state index in [9.17, 15) is 17.8 Å². The van der Waals surface area contributed by atoms with Gasteiger partial charge in [-0.15, -0.1) is 0 Å². The highest BCUT2D eigenvalue weighted by Gasteiger charge is 2.17. The van der Waals surface area contributed by atoms with Crippen LogP contribution in [0, 0.1) is 0 Å². The molecule has 0 aromatic carbocycles. The summed E-state index contributed by atoms with van der Waals surface area (Å²) >= 11 is 0. The molecule has 0 aliphatic carbocycles. The van der Waals surface area contributed by atoms with Crippen LogP contribution in [0.3, 0.4) is 0 Å². The molecule has 0 aromatic heterocycles. The summed E-state index contributed by atoms with van der Waals surface area (Å²) in [5.41, 5.74) is 0. The maximum Gasteiger partial charge on any atom is 0.315 e. The lowest BCUT2D eigenvalue weighted by Crippen LogP contribution is -2.39. The van der Waals surface area contributed by atoms with E-state index in [0.717, 1.165) is 0 Å². The fourth-order valence-electron chi connectivity index (χ4n) is 0.700. The van der Waals surface area contributed by atoms with E-state index in [4.69, 9.17) is 0 Å². The van der Waals surface area contributed by atoms with Crippen molar-refractivity contribution in [2.24, 2.45) is 0 Å². The van der Waals surface area contributed by atoms with Crippen molar-refractivity contribution in [3.63, 3.8) is 0 Å². The predicted molar refractivity (Wildman–Crippen MR) is 42.5 cm³/mol. The first-order valence-electron chi connectivity index (χ1n) is 3.32. The van der Waals surface area contributed by atoms with Gasteiger partial charge < -0.3 is 5.32 Å². The fraction of sp³-hybridized carbons (Fsp3) is 0.833. The van der Waals surface area contributed by atoms with Crippen LogP contribution in [0.5, 0.6) is 0 Å². The van der Waals surface area contributed by atoms with Gasteiger partial charge in [0.25, 0.3) is 5.91 Å². The molecule has 12 heavy (non-hydrogen) atoms. The van der Waals surface area contributed by atoms with E-state index >= 15 is 0 Å². The van der Waals surface area contributed by atoms with Crippen LogP contribution in [-0.4, -0.2) is 34.6 Å². The van der Waals surface area contributed by atoms with Crippen molar-refractivity contribution in [2.45, 2.75) is 19.4 Å². The Bertz CT molecular complexity index is 186. The van der Waals surface area contributed by atoms with Gasteiger partial charge in [0.05, 0.1) is 0 Å². The molecule has 0 fully saturated rings. The van der Waals surface area contributed by atoms with Crippen molar-refractivity contribution in [1.82, 2.24) is 5.32 Å². The third-order valence-electron chi connectivity index (χ3n) is 1.07. The minimum absolute atomic E-state index is 0.193. The molecule has 72 valence electrons. The predicted octanol–water partition coefficient (Wildman–Crippen LogP) is 0.135. The van der Waals surface area contributed by atoms with Gasteiger partial charge in [-0.3, -0.25) is 9.00 Å². The van der Waals surface area contributed by atoms with Crippen molar-refractivity contribution in [1.29, 1.82) is 0 Å². The average molecular weight is 199 g/mol. The van der Waals surface area contributed by atoms with Crippen molar-refractivity contribution in [3.05, 3.63) is 0 Å². The molecule has 0 aliphatic rings. The van der Waals surface area contributed by atoms with E-state index in [-0.39, 0.29) is 5.75 Å². The summed E-state index contributed by atoms with van der Waals surface area (Å²) in [4.78, 5) is 10.4. The zero-order chi connectivity index (χ0) is 9.72. The van der Waals surface area contributed by atoms with Crippen molar-refractivity contribution >= 4 is 16.7 Å². The molecule has 1 N–H and O–H groups in total. The molecule has 0 saturated carbocycles. The van der Waals surface area contributed by atoms with Gasteiger partial charge in [-0.1, -0.05) is 0 Å². The summed E-state index contributed by atoms with van der Waals surface area (Å²) in [5.74, 6) is -1.12. The number of halogens is 2. The van der Waals surface area contributed by atoms with Gasteiger partial charge in [-0.05, 0) is 6.92 Å². The zero-order valence-electron chi connectivity index (χ0n) is 6.84. The van der Waals surface area contributed by atoms with E-state index in [1.54, 1.807) is 0 Å². The number of hydrogen-bond acceptors (Lipinski definition) is 2. The lowest BCUT2D eigenvalue weighted by atomic mass is 10.4. The molecule has 2 atom stereocenters. The van der Waals surface area contributed by atoms with Gasteiger partial charge >= 0.3 is 6.43 Å². The molecule has 0 spiro atoms. The highest BCUT2D eigenvalue weighted by molar-refractivity contribution is 7.84. The first kappa shape index (κ1) is 11.5. The summed E-state index contributed by atoms with van der Waals surface area (Å²) in [6, 6.07) is -0.475. The van der Waals surface area contributed by atoms with Crippen LogP contribution in [0.4, 0.5) is 8.78 Å². The van der Waals surface area contributed by atoms with Gasteiger partial charge in [0.1, 0.15) is 0 Å². The Morgan fingerprint density at radius 1 is 1.58 bits per heavy atom. The molecule has 0 rings (SSSR count). The standard InChI is InChI=1S/C6H11F2NO2S/c1-4(3-12(2)11)9-6(10)5(7)8/h4-5H,3H2,1-2H3,(H,9,10). The highest BCUT2D eigenvalue weighted by atomic mass is 32.2. The van der Waals surface area contributed by atoms with Gasteiger partial charge in [-0.25, -0.2) is 0 Å². The van der Waals surface area contributed by atoms with Crippen LogP contribution < -0.4 is 5.32 Å². The number of alkyl halides is 2. The van der Waals surface area contributed by atoms with Crippen molar-refractivity contribution in [3.8, 4) is 0 Å². The van der Waals surface area contributed by atoms with Crippen LogP contribution in [0.2, 0.25) is 0 Å². The van der Waals surface area contributed by atoms with E-state index in [2.05, 4.69) is 0 Å². The second kappa shape index (κ2) is 5.18. The second-order valence-electron chi connectivity index (χ2n) is 2.45. The van der Waals surface area contributed by atoms with Crippen LogP contribution in [0.15, 0.2) is 0 Å². The van der Waals surface area contributed by atoms with Crippen LogP contribution in [0.25, 0.3) is 0 Å². The lowest BCUT2D eigenvalue weighted by Gasteiger charge is -2.11. The molecular formula is C6H11F2NO2S. The molecule has 1 amide bonds. The molecule has 0 aromatic rings. The third-order valence-corrected chi connectivity index (χ3v) is 2.04. The fourth-order valence-corrected chi connectivity index (χ4v) is 1.49. The smallest absolute Gasteiger partial charge is 0.315 e. The summed E-state index contributed by atoms with van der Waals surface area (Å²) < 4.78 is 33.9. The molecule has 6 heteroatoms. The maximum atomic E-state index is 11.6. The Morgan fingerprint density at radius 2 is 2.08 bits per heavy atom. The van der Waals surface area contributed by atoms with Crippen molar-refractivity contribution < 1.29 is 17.8 Å². The summed E-state index contributed by atoms with van der Waals surface area (Å²) in [6.07, 6.45) is -1.55. The summed E-state index contributed by atoms with van der Waals surface area (Å²) in [6.45, 7) is 1.53. The topological polar surface area (TPSA) is 46.2 Å². The molecule has 0 bridgehead atoms. The summed E-state index contributed by atoms with van der Waals surface area (Å²) in [7, 11) is -1.08. The Balaban J connectivity index is 3.76. The number of carbonyl (C=O) groups excluding carboxylic acids is 1. The normalized spacial score (nSPS) is 15.8. The quantitative estimate of drug-likeness (QED) is 0.699. The highest BCUT2D eigenvalue weighted by Crippen LogP contribution is 1.93. The van der Waals surface area contributed by atoms with Gasteiger partial charge in [0.2, 0.25) is 0 Å². The first-order valence-corrected chi connectivity index (χ1v) is 5.04. The van der Waals surface area contributed by atoms with Gasteiger partial charge in [-0.2, -0.15) is 8.78 Å². The molecule has 3 nitrogen and oxygen atoms in total. The minimum atomic E-state index is -3.00. The van der Waals surface area contributed by atoms with Crippen LogP contribution in [-0.2, 0) is 15.6 Å². The molecule has 0 radical (unpaired) electrons. The number of nitrogens with one attached hydrogen (secondary N) is 1. The van der Waals surface area contributed by atoms with E-state index in [1.165, 1.54) is 13.2 Å². The Morgan fingerprint density at radius 3 is 2.42 bits per heavy atom. The number of rotatable bonds is 4. The third kappa shape index (κ3) is 5.17. The number of amides is 1. The SMILES string of the molecule is CC(CS(C)=O)NC(=O)C(F)F. The lowest BCUT2D eigenvalue weighted by molar-refractivity contribution is -0.132. The number of carbonyl (C=O) groups is 1. The Hall–Kier alpha value is -0.520. The molecule has 0 heterocycles. The maximum absolute atomic E-state index is 11.6. The average Bonchev–Trinajstić information content (AvgIpc) is 1.84. The van der Waals surface area contributed by atoms with Crippen molar-refractivity contribution in [2.75, 3.05) is 12.0 Å². The minimum Gasteiger partial charge on any atom is -0.348 e. The van der Waals surface area contributed by atoms with E-state index in [1.807, 2.05) is 5.32 Å². The zero-order valence-corrected chi connectivity index (χ0v) is 7.66. The summed E-state index contributed by atoms with van der Waals surface area (Å²) in [5, 5.41) is 2.03. The van der Waals surface area contributed by atoms with Gasteiger partial charge in [0, 0.05) is 28.9 Å². The van der Waals surface area contributed by atoms with Crippen LogP contribution in [0.1, 0.15) is 6.92 Å². The largest absolute Gasteiger partial charge is 0.348 e. The molecule has 0 aliphatic heterocycles. The van der Waals surface area contributed by atoms with E-state index in [0.29, 0.717) is 0 Å². The first-order chi connectivity index (χ1) is 5.43. The Labute approximate surface area is 72.0 Å². The monoisotopic (exact) mass is 199 g/mol. The molecule has 2 unspecified atom stereocenters. The van der Waals surface area contributed by atoms with Gasteiger partial charge in [0.15, 0.2) is 0 Å². The molecular weight excluding hydrogens is 188 g/mol. The Kier molecular flexibility index (Phi) is 4.96. The van der Waals surface area contributed by atoms with Crippen LogP contribution >= 0.6 is 0 Å². The second-order valence-corrected chi connectivity index (χ2v) is 3.93. The molecule has 0 saturated heterocycles.